The monoisotopic (exact) mass is 386 g/mol. The molecule has 1 N–H and O–H groups in total. The summed E-state index contributed by atoms with van der Waals surface area (Å²) in [5, 5.41) is 12.4. The maximum absolute atomic E-state index is 13.3. The van der Waals surface area contributed by atoms with Crippen LogP contribution in [0.25, 0.3) is 16.9 Å². The quantitative estimate of drug-likeness (QED) is 0.685. The average Bonchev–Trinajstić information content (AvgIpc) is 3.09. The third-order valence-corrected chi connectivity index (χ3v) is 5.03. The third-order valence-electron chi connectivity index (χ3n) is 4.70. The molecule has 0 aliphatic heterocycles. The van der Waals surface area contributed by atoms with Crippen molar-refractivity contribution in [3.05, 3.63) is 70.6 Å². The molecule has 0 spiro atoms. The number of fused-ring (bicyclic) bond motifs is 1. The van der Waals surface area contributed by atoms with Gasteiger partial charge in [-0.1, -0.05) is 29.8 Å². The summed E-state index contributed by atoms with van der Waals surface area (Å²) in [7, 11) is 1.00. The van der Waals surface area contributed by atoms with E-state index < -0.39 is 0 Å². The van der Waals surface area contributed by atoms with Gasteiger partial charge < -0.3 is 9.90 Å². The summed E-state index contributed by atoms with van der Waals surface area (Å²) in [6.45, 7) is 0. The van der Waals surface area contributed by atoms with E-state index in [1.165, 1.54) is 12.1 Å². The Morgan fingerprint density at radius 2 is 1.89 bits per heavy atom. The molecule has 1 unspecified atom stereocenters. The number of carbonyl (C=O) groups excluding carboxylic acids is 1. The third kappa shape index (κ3) is 3.80. The smallest absolute Gasteiger partial charge is 0.123 e. The highest BCUT2D eigenvalue weighted by Crippen LogP contribution is 2.36. The van der Waals surface area contributed by atoms with E-state index in [9.17, 15) is 9.18 Å². The van der Waals surface area contributed by atoms with Gasteiger partial charge in [0.05, 0.1) is 16.4 Å². The van der Waals surface area contributed by atoms with Crippen LogP contribution in [0.1, 0.15) is 17.7 Å². The van der Waals surface area contributed by atoms with Crippen molar-refractivity contribution >= 4 is 17.9 Å². The Bertz CT molecular complexity index is 938. The molecule has 0 saturated carbocycles. The summed E-state index contributed by atoms with van der Waals surface area (Å²) in [6, 6.07) is 13.8. The van der Waals surface area contributed by atoms with Crippen molar-refractivity contribution in [1.82, 2.24) is 9.78 Å². The topological polar surface area (TPSA) is 55.1 Å². The number of hydrogen-bond donors (Lipinski definition) is 1. The molecule has 27 heavy (non-hydrogen) atoms. The molecule has 0 radical (unpaired) electrons. The van der Waals surface area contributed by atoms with Crippen molar-refractivity contribution in [2.24, 2.45) is 5.92 Å². The van der Waals surface area contributed by atoms with E-state index in [-0.39, 0.29) is 11.7 Å². The van der Waals surface area contributed by atoms with Crippen molar-refractivity contribution < 1.29 is 14.3 Å². The first kappa shape index (κ1) is 19.3. The van der Waals surface area contributed by atoms with E-state index >= 15 is 0 Å². The number of aromatic nitrogens is 2. The molecule has 1 aromatic heterocycles. The van der Waals surface area contributed by atoms with Crippen molar-refractivity contribution in [2.75, 3.05) is 7.11 Å². The fourth-order valence-corrected chi connectivity index (χ4v) is 3.64. The first-order chi connectivity index (χ1) is 13.2. The van der Waals surface area contributed by atoms with E-state index in [4.69, 9.17) is 21.8 Å². The number of carbonyl (C=O) groups is 1. The SMILES string of the molecule is CO.O=CC1CCc2c(-c3ccccc3Cl)nn(-c3ccc(F)cc3)c2C1. The van der Waals surface area contributed by atoms with Gasteiger partial charge in [0.2, 0.25) is 0 Å². The van der Waals surface area contributed by atoms with Gasteiger partial charge in [0, 0.05) is 29.8 Å². The molecule has 1 aliphatic rings. The molecular weight excluding hydrogens is 367 g/mol. The minimum Gasteiger partial charge on any atom is -0.400 e. The van der Waals surface area contributed by atoms with Crippen LogP contribution >= 0.6 is 11.6 Å². The number of aldehydes is 1. The average molecular weight is 387 g/mol. The van der Waals surface area contributed by atoms with E-state index in [0.717, 1.165) is 54.4 Å². The number of halogens is 2. The lowest BCUT2D eigenvalue weighted by molar-refractivity contribution is -0.111. The van der Waals surface area contributed by atoms with Crippen LogP contribution in [0.5, 0.6) is 0 Å². The first-order valence-electron chi connectivity index (χ1n) is 8.69. The Labute approximate surface area is 162 Å². The number of rotatable bonds is 3. The number of aliphatic hydroxyl groups excluding tert-OH is 1. The van der Waals surface area contributed by atoms with Gasteiger partial charge in [0.25, 0.3) is 0 Å². The van der Waals surface area contributed by atoms with Crippen LogP contribution in [0.2, 0.25) is 5.02 Å². The second-order valence-electron chi connectivity index (χ2n) is 6.28. The lowest BCUT2D eigenvalue weighted by Crippen LogP contribution is -2.17. The zero-order chi connectivity index (χ0) is 19.4. The fourth-order valence-electron chi connectivity index (χ4n) is 3.42. The van der Waals surface area contributed by atoms with Gasteiger partial charge in [-0.2, -0.15) is 5.10 Å². The lowest BCUT2D eigenvalue weighted by Gasteiger charge is -2.19. The maximum atomic E-state index is 13.3. The Hall–Kier alpha value is -2.50. The van der Waals surface area contributed by atoms with Crippen LogP contribution in [-0.4, -0.2) is 28.3 Å². The highest BCUT2D eigenvalue weighted by Gasteiger charge is 2.27. The molecule has 6 heteroatoms. The Kier molecular flexibility index (Phi) is 6.04. The minimum atomic E-state index is -0.290. The molecule has 1 aliphatic carbocycles. The molecule has 0 saturated heterocycles. The molecule has 1 heterocycles. The van der Waals surface area contributed by atoms with Gasteiger partial charge in [0.1, 0.15) is 12.1 Å². The lowest BCUT2D eigenvalue weighted by atomic mass is 9.86. The van der Waals surface area contributed by atoms with Crippen LogP contribution in [-0.2, 0) is 17.6 Å². The van der Waals surface area contributed by atoms with Crippen LogP contribution in [0.3, 0.4) is 0 Å². The first-order valence-corrected chi connectivity index (χ1v) is 9.07. The van der Waals surface area contributed by atoms with E-state index in [0.29, 0.717) is 11.4 Å². The number of benzene rings is 2. The molecule has 0 amide bonds. The molecular formula is C21H20ClFN2O2. The summed E-state index contributed by atoms with van der Waals surface area (Å²) in [5.41, 5.74) is 4.63. The van der Waals surface area contributed by atoms with Gasteiger partial charge >= 0.3 is 0 Å². The van der Waals surface area contributed by atoms with Crippen LogP contribution in [0.4, 0.5) is 4.39 Å². The highest BCUT2D eigenvalue weighted by molar-refractivity contribution is 6.33. The van der Waals surface area contributed by atoms with Gasteiger partial charge in [-0.15, -0.1) is 0 Å². The number of aliphatic hydroxyl groups is 1. The summed E-state index contributed by atoms with van der Waals surface area (Å²) in [6.07, 6.45) is 3.23. The largest absolute Gasteiger partial charge is 0.400 e. The minimum absolute atomic E-state index is 0.0116. The molecule has 0 fully saturated rings. The Morgan fingerprint density at radius 1 is 1.19 bits per heavy atom. The summed E-state index contributed by atoms with van der Waals surface area (Å²) >= 11 is 6.38. The fraction of sp³-hybridized carbons (Fsp3) is 0.238. The van der Waals surface area contributed by atoms with Crippen molar-refractivity contribution in [2.45, 2.75) is 19.3 Å². The van der Waals surface area contributed by atoms with Crippen LogP contribution in [0, 0.1) is 11.7 Å². The number of hydrogen-bond acceptors (Lipinski definition) is 3. The number of nitrogens with zero attached hydrogens (tertiary/aromatic N) is 2. The molecule has 2 aromatic carbocycles. The predicted molar refractivity (Wildman–Crippen MR) is 104 cm³/mol. The van der Waals surface area contributed by atoms with Gasteiger partial charge in [-0.05, 0) is 49.6 Å². The van der Waals surface area contributed by atoms with Gasteiger partial charge in [0.15, 0.2) is 0 Å². The summed E-state index contributed by atoms with van der Waals surface area (Å²) in [5.74, 6) is -0.302. The van der Waals surface area contributed by atoms with Crippen molar-refractivity contribution in [1.29, 1.82) is 0 Å². The highest BCUT2D eigenvalue weighted by atomic mass is 35.5. The Balaban J connectivity index is 0.00000102. The second-order valence-corrected chi connectivity index (χ2v) is 6.69. The molecule has 0 bridgehead atoms. The van der Waals surface area contributed by atoms with Gasteiger partial charge in [-0.25, -0.2) is 9.07 Å². The van der Waals surface area contributed by atoms with E-state index in [1.54, 1.807) is 12.1 Å². The zero-order valence-electron chi connectivity index (χ0n) is 14.9. The molecule has 4 rings (SSSR count). The second kappa shape index (κ2) is 8.46. The van der Waals surface area contributed by atoms with Crippen LogP contribution in [0.15, 0.2) is 48.5 Å². The molecule has 3 aromatic rings. The molecule has 4 nitrogen and oxygen atoms in total. The van der Waals surface area contributed by atoms with E-state index in [2.05, 4.69) is 0 Å². The van der Waals surface area contributed by atoms with Crippen LogP contribution < -0.4 is 0 Å². The van der Waals surface area contributed by atoms with E-state index in [1.807, 2.05) is 28.9 Å². The maximum Gasteiger partial charge on any atom is 0.123 e. The Morgan fingerprint density at radius 3 is 2.56 bits per heavy atom. The summed E-state index contributed by atoms with van der Waals surface area (Å²) < 4.78 is 15.1. The molecule has 140 valence electrons. The predicted octanol–water partition coefficient (Wildman–Crippen LogP) is 4.24. The zero-order valence-corrected chi connectivity index (χ0v) is 15.7. The normalized spacial score (nSPS) is 15.5. The molecule has 1 atom stereocenters. The van der Waals surface area contributed by atoms with Gasteiger partial charge in [-0.3, -0.25) is 0 Å². The summed E-state index contributed by atoms with van der Waals surface area (Å²) in [4.78, 5) is 11.3. The van der Waals surface area contributed by atoms with Crippen molar-refractivity contribution in [3.63, 3.8) is 0 Å². The standard InChI is InChI=1S/C20H16ClFN2O.CH4O/c21-18-4-2-1-3-16(18)20-17-10-5-13(12-25)11-19(17)24(23-20)15-8-6-14(22)7-9-15;1-2/h1-4,6-9,12-13H,5,10-11H2;2H,1H3. The van der Waals surface area contributed by atoms with Crippen molar-refractivity contribution in [3.8, 4) is 16.9 Å².